The molecule has 1 aliphatic heterocycles. The molecule has 0 radical (unpaired) electrons. The van der Waals surface area contributed by atoms with Gasteiger partial charge in [-0.05, 0) is 12.1 Å². The number of phenols is 2. The molecule has 1 aliphatic rings. The van der Waals surface area contributed by atoms with Gasteiger partial charge in [-0.2, -0.15) is 0 Å². The number of aldehydes is 2. The topological polar surface area (TPSA) is 129 Å². The van der Waals surface area contributed by atoms with Crippen molar-refractivity contribution < 1.29 is 34.2 Å². The smallest absolute Gasteiger partial charge is 0.262 e. The molecule has 2 amide bonds. The van der Waals surface area contributed by atoms with Crippen molar-refractivity contribution in [3.63, 3.8) is 0 Å². The fraction of sp³-hybridized carbons (Fsp3) is 0.154. The largest absolute Gasteiger partial charge is 0.504 e. The molecule has 21 heavy (non-hydrogen) atoms. The van der Waals surface area contributed by atoms with E-state index >= 15 is 0 Å². The molecule has 0 saturated carbocycles. The van der Waals surface area contributed by atoms with E-state index in [1.165, 1.54) is 0 Å². The van der Waals surface area contributed by atoms with Gasteiger partial charge in [-0.3, -0.25) is 24.1 Å². The van der Waals surface area contributed by atoms with Crippen LogP contribution in [0.25, 0.3) is 0 Å². The molecular formula is C13H9NO7. The van der Waals surface area contributed by atoms with Crippen molar-refractivity contribution in [2.75, 3.05) is 0 Å². The number of ketones is 1. The number of carbonyl (C=O) groups is 5. The van der Waals surface area contributed by atoms with Crippen molar-refractivity contribution in [3.05, 3.63) is 23.3 Å². The molecule has 8 nitrogen and oxygen atoms in total. The first-order chi connectivity index (χ1) is 9.90. The summed E-state index contributed by atoms with van der Waals surface area (Å²) < 4.78 is 0. The lowest BCUT2D eigenvalue weighted by Gasteiger charge is -2.19. The third-order valence-corrected chi connectivity index (χ3v) is 3.04. The highest BCUT2D eigenvalue weighted by Gasteiger charge is 2.41. The second-order valence-corrected chi connectivity index (χ2v) is 4.36. The van der Waals surface area contributed by atoms with Crippen molar-refractivity contribution in [2.45, 2.75) is 12.5 Å². The van der Waals surface area contributed by atoms with E-state index in [2.05, 4.69) is 0 Å². The van der Waals surface area contributed by atoms with Crippen molar-refractivity contribution in [2.24, 2.45) is 0 Å². The summed E-state index contributed by atoms with van der Waals surface area (Å²) in [5.41, 5.74) is -0.388. The zero-order valence-electron chi connectivity index (χ0n) is 10.5. The summed E-state index contributed by atoms with van der Waals surface area (Å²) in [4.78, 5) is 57.1. The minimum Gasteiger partial charge on any atom is -0.504 e. The number of imide groups is 1. The summed E-state index contributed by atoms with van der Waals surface area (Å²) in [5, 5.41) is 18.7. The van der Waals surface area contributed by atoms with Crippen molar-refractivity contribution in [1.29, 1.82) is 0 Å². The normalized spacial score (nSPS) is 14.8. The second-order valence-electron chi connectivity index (χ2n) is 4.36. The van der Waals surface area contributed by atoms with Crippen LogP contribution in [0, 0.1) is 0 Å². The zero-order valence-corrected chi connectivity index (χ0v) is 10.5. The molecule has 8 heteroatoms. The lowest BCUT2D eigenvalue weighted by molar-refractivity contribution is -0.131. The van der Waals surface area contributed by atoms with E-state index < -0.39 is 41.6 Å². The van der Waals surface area contributed by atoms with Crippen LogP contribution in [0.15, 0.2) is 12.1 Å². The highest BCUT2D eigenvalue weighted by molar-refractivity contribution is 6.27. The Morgan fingerprint density at radius 2 is 1.57 bits per heavy atom. The number of Topliss-reactive ketones (excluding diaryl/α,β-unsaturated/α-hetero) is 1. The molecule has 1 heterocycles. The number of benzene rings is 1. The highest BCUT2D eigenvalue weighted by Crippen LogP contribution is 2.34. The van der Waals surface area contributed by atoms with Crippen molar-refractivity contribution in [3.8, 4) is 11.5 Å². The molecular weight excluding hydrogens is 282 g/mol. The second kappa shape index (κ2) is 5.16. The Kier molecular flexibility index (Phi) is 3.53. The summed E-state index contributed by atoms with van der Waals surface area (Å²) in [7, 11) is 0. The van der Waals surface area contributed by atoms with E-state index in [4.69, 9.17) is 0 Å². The summed E-state index contributed by atoms with van der Waals surface area (Å²) in [6.45, 7) is 0. The quantitative estimate of drug-likeness (QED) is 0.321. The molecule has 1 aromatic rings. The van der Waals surface area contributed by atoms with Gasteiger partial charge in [-0.15, -0.1) is 0 Å². The van der Waals surface area contributed by atoms with Crippen LogP contribution in [0.5, 0.6) is 11.5 Å². The fourth-order valence-electron chi connectivity index (χ4n) is 2.04. The van der Waals surface area contributed by atoms with Gasteiger partial charge < -0.3 is 15.0 Å². The molecule has 108 valence electrons. The molecule has 0 spiro atoms. The van der Waals surface area contributed by atoms with Crippen LogP contribution >= 0.6 is 0 Å². The van der Waals surface area contributed by atoms with Crippen LogP contribution in [0.2, 0.25) is 0 Å². The minimum absolute atomic E-state index is 0.00762. The Morgan fingerprint density at radius 3 is 1.95 bits per heavy atom. The number of hydrogen-bond acceptors (Lipinski definition) is 7. The van der Waals surface area contributed by atoms with Gasteiger partial charge in [0.05, 0.1) is 11.1 Å². The van der Waals surface area contributed by atoms with Crippen LogP contribution in [-0.2, 0) is 14.4 Å². The Morgan fingerprint density at radius 1 is 1.10 bits per heavy atom. The van der Waals surface area contributed by atoms with Gasteiger partial charge in [0.25, 0.3) is 11.8 Å². The van der Waals surface area contributed by atoms with Gasteiger partial charge in [0, 0.05) is 6.42 Å². The van der Waals surface area contributed by atoms with Gasteiger partial charge >= 0.3 is 0 Å². The summed E-state index contributed by atoms with van der Waals surface area (Å²) >= 11 is 0. The van der Waals surface area contributed by atoms with Gasteiger partial charge in [-0.1, -0.05) is 0 Å². The summed E-state index contributed by atoms with van der Waals surface area (Å²) in [6.07, 6.45) is -0.411. The van der Waals surface area contributed by atoms with Gasteiger partial charge in [0.2, 0.25) is 0 Å². The number of hydrogen-bond donors (Lipinski definition) is 2. The van der Waals surface area contributed by atoms with Crippen LogP contribution < -0.4 is 0 Å². The van der Waals surface area contributed by atoms with Crippen LogP contribution in [-0.4, -0.2) is 51.3 Å². The molecule has 2 N–H and O–H groups in total. The first-order valence-electron chi connectivity index (χ1n) is 5.77. The standard InChI is InChI=1S/C13H9NO7/c15-4-6(1-7(17)5-16)14-12(20)8-2-10(18)11(19)3-9(8)13(14)21/h2-6,18-19H,1H2. The number of fused-ring (bicyclic) bond motifs is 1. The maximum Gasteiger partial charge on any atom is 0.262 e. The van der Waals surface area contributed by atoms with Crippen molar-refractivity contribution in [1.82, 2.24) is 4.90 Å². The average molecular weight is 291 g/mol. The molecule has 1 aromatic carbocycles. The molecule has 0 fully saturated rings. The fourth-order valence-corrected chi connectivity index (χ4v) is 2.04. The van der Waals surface area contributed by atoms with Gasteiger partial charge in [0.1, 0.15) is 12.3 Å². The number of nitrogens with zero attached hydrogens (tertiary/aromatic N) is 1. The molecule has 1 unspecified atom stereocenters. The highest BCUT2D eigenvalue weighted by atomic mass is 16.3. The summed E-state index contributed by atoms with van der Waals surface area (Å²) in [6, 6.07) is 0.377. The van der Waals surface area contributed by atoms with E-state index in [9.17, 15) is 34.2 Å². The molecule has 0 saturated heterocycles. The first kappa shape index (κ1) is 14.4. The number of rotatable bonds is 5. The first-order valence-corrected chi connectivity index (χ1v) is 5.77. The SMILES string of the molecule is O=CC(=O)CC(C=O)N1C(=O)c2cc(O)c(O)cc2C1=O. The molecule has 0 aliphatic carbocycles. The maximum atomic E-state index is 12.1. The minimum atomic E-state index is -1.42. The molecule has 0 bridgehead atoms. The molecule has 0 aromatic heterocycles. The molecule has 1 atom stereocenters. The predicted molar refractivity (Wildman–Crippen MR) is 65.8 cm³/mol. The van der Waals surface area contributed by atoms with Gasteiger partial charge in [0.15, 0.2) is 23.6 Å². The average Bonchev–Trinajstić information content (AvgIpc) is 2.69. The number of phenolic OH excluding ortho intramolecular Hbond substituents is 2. The van der Waals surface area contributed by atoms with Crippen LogP contribution in [0.4, 0.5) is 0 Å². The summed E-state index contributed by atoms with van der Waals surface area (Å²) in [5.74, 6) is -3.90. The predicted octanol–water partition coefficient (Wildman–Crippen LogP) is -0.581. The Balaban J connectivity index is 2.42. The number of aromatic hydroxyl groups is 2. The van der Waals surface area contributed by atoms with Crippen LogP contribution in [0.3, 0.4) is 0 Å². The number of amides is 2. The van der Waals surface area contributed by atoms with Crippen molar-refractivity contribution >= 4 is 30.2 Å². The Hall–Kier alpha value is -3.03. The lowest BCUT2D eigenvalue weighted by atomic mass is 10.1. The number of carbonyl (C=O) groups excluding carboxylic acids is 5. The van der Waals surface area contributed by atoms with E-state index in [1.807, 2.05) is 0 Å². The van der Waals surface area contributed by atoms with E-state index in [0.717, 1.165) is 12.1 Å². The zero-order chi connectivity index (χ0) is 15.7. The lowest BCUT2D eigenvalue weighted by Crippen LogP contribution is -2.42. The van der Waals surface area contributed by atoms with Gasteiger partial charge in [-0.25, -0.2) is 0 Å². The van der Waals surface area contributed by atoms with E-state index in [0.29, 0.717) is 4.90 Å². The Labute approximate surface area is 117 Å². The third-order valence-electron chi connectivity index (χ3n) is 3.04. The monoisotopic (exact) mass is 291 g/mol. The van der Waals surface area contributed by atoms with E-state index in [1.54, 1.807) is 0 Å². The Bertz CT molecular complexity index is 638. The maximum absolute atomic E-state index is 12.1. The molecule has 2 rings (SSSR count). The van der Waals surface area contributed by atoms with E-state index in [-0.39, 0.29) is 23.7 Å². The van der Waals surface area contributed by atoms with Crippen LogP contribution in [0.1, 0.15) is 27.1 Å². The third kappa shape index (κ3) is 2.27.